The van der Waals surface area contributed by atoms with Crippen LogP contribution in [0.4, 0.5) is 5.82 Å². The van der Waals surface area contributed by atoms with Crippen LogP contribution in [-0.4, -0.2) is 42.0 Å². The summed E-state index contributed by atoms with van der Waals surface area (Å²) in [5, 5.41) is 0.431. The summed E-state index contributed by atoms with van der Waals surface area (Å²) in [4.78, 5) is 34.9. The lowest BCUT2D eigenvalue weighted by molar-refractivity contribution is 0.0747. The lowest BCUT2D eigenvalue weighted by atomic mass is 10.0. The minimum absolute atomic E-state index is 0.111. The van der Waals surface area contributed by atoms with Crippen LogP contribution in [-0.2, 0) is 0 Å². The van der Waals surface area contributed by atoms with Crippen molar-refractivity contribution in [2.45, 2.75) is 6.92 Å². The van der Waals surface area contributed by atoms with Crippen molar-refractivity contribution in [3.63, 3.8) is 0 Å². The van der Waals surface area contributed by atoms with E-state index in [1.807, 2.05) is 53.4 Å². The number of rotatable bonds is 3. The number of nitrogens with zero attached hydrogens (tertiary/aromatic N) is 3. The molecular formula is C26H23N3O3. The van der Waals surface area contributed by atoms with Crippen molar-refractivity contribution >= 4 is 22.7 Å². The number of amides is 1. The Morgan fingerprint density at radius 3 is 2.38 bits per heavy atom. The number of hydrogen-bond donors (Lipinski definition) is 0. The largest absolute Gasteiger partial charge is 0.455 e. The molecule has 0 saturated carbocycles. The van der Waals surface area contributed by atoms with Crippen molar-refractivity contribution in [1.82, 2.24) is 9.88 Å². The SMILES string of the molecule is Cc1c(-c2ccccc2)oc2c(C(=O)N3CCN(c4ccccn4)CC3)cccc2c1=O. The van der Waals surface area contributed by atoms with E-state index in [1.165, 1.54) is 0 Å². The maximum atomic E-state index is 13.4. The third-order valence-corrected chi connectivity index (χ3v) is 5.95. The Kier molecular flexibility index (Phi) is 5.19. The zero-order valence-electron chi connectivity index (χ0n) is 17.8. The van der Waals surface area contributed by atoms with Crippen LogP contribution in [0.1, 0.15) is 15.9 Å². The van der Waals surface area contributed by atoms with E-state index in [1.54, 1.807) is 31.3 Å². The molecule has 3 heterocycles. The van der Waals surface area contributed by atoms with E-state index in [0.29, 0.717) is 54.0 Å². The molecular weight excluding hydrogens is 402 g/mol. The normalized spacial score (nSPS) is 14.0. The average Bonchev–Trinajstić information content (AvgIpc) is 2.86. The molecule has 1 amide bonds. The molecule has 0 N–H and O–H groups in total. The number of anilines is 1. The fourth-order valence-corrected chi connectivity index (χ4v) is 4.19. The molecule has 2 aromatic carbocycles. The fraction of sp³-hybridized carbons (Fsp3) is 0.192. The molecule has 1 aliphatic rings. The number of aromatic nitrogens is 1. The topological polar surface area (TPSA) is 66.7 Å². The van der Waals surface area contributed by atoms with Gasteiger partial charge < -0.3 is 14.2 Å². The molecule has 5 rings (SSSR count). The summed E-state index contributed by atoms with van der Waals surface area (Å²) in [5.41, 5.74) is 2.01. The van der Waals surface area contributed by atoms with Gasteiger partial charge in [-0.3, -0.25) is 9.59 Å². The standard InChI is InChI=1S/C26H23N3O3/c1-18-23(30)20-10-7-11-21(25(20)32-24(18)19-8-3-2-4-9-19)26(31)29-16-14-28(15-17-29)22-12-5-6-13-27-22/h2-13H,14-17H2,1H3. The molecule has 0 bridgehead atoms. The molecule has 1 fully saturated rings. The number of pyridine rings is 1. The molecule has 0 atom stereocenters. The molecule has 160 valence electrons. The molecule has 0 radical (unpaired) electrons. The monoisotopic (exact) mass is 425 g/mol. The van der Waals surface area contributed by atoms with Gasteiger partial charge >= 0.3 is 0 Å². The Labute approximate surface area is 185 Å². The highest BCUT2D eigenvalue weighted by atomic mass is 16.3. The van der Waals surface area contributed by atoms with Gasteiger partial charge in [0.1, 0.15) is 11.6 Å². The fourth-order valence-electron chi connectivity index (χ4n) is 4.19. The summed E-state index contributed by atoms with van der Waals surface area (Å²) < 4.78 is 6.23. The van der Waals surface area contributed by atoms with Gasteiger partial charge in [0.05, 0.1) is 10.9 Å². The van der Waals surface area contributed by atoms with E-state index in [2.05, 4.69) is 9.88 Å². The minimum Gasteiger partial charge on any atom is -0.455 e. The lowest BCUT2D eigenvalue weighted by Gasteiger charge is -2.35. The van der Waals surface area contributed by atoms with Crippen LogP contribution >= 0.6 is 0 Å². The number of carbonyl (C=O) groups is 1. The highest BCUT2D eigenvalue weighted by Gasteiger charge is 2.26. The number of piperazine rings is 1. The van der Waals surface area contributed by atoms with Crippen LogP contribution < -0.4 is 10.3 Å². The molecule has 6 nitrogen and oxygen atoms in total. The highest BCUT2D eigenvalue weighted by molar-refractivity contribution is 6.05. The Morgan fingerprint density at radius 1 is 0.906 bits per heavy atom. The van der Waals surface area contributed by atoms with Gasteiger partial charge in [-0.25, -0.2) is 4.98 Å². The first kappa shape index (κ1) is 20.0. The van der Waals surface area contributed by atoms with Crippen molar-refractivity contribution in [2.75, 3.05) is 31.1 Å². The summed E-state index contributed by atoms with van der Waals surface area (Å²) in [5.74, 6) is 1.30. The molecule has 0 unspecified atom stereocenters. The Balaban J connectivity index is 1.48. The smallest absolute Gasteiger partial charge is 0.257 e. The average molecular weight is 425 g/mol. The predicted molar refractivity (Wildman–Crippen MR) is 125 cm³/mol. The van der Waals surface area contributed by atoms with Gasteiger partial charge in [0.15, 0.2) is 11.0 Å². The van der Waals surface area contributed by atoms with E-state index >= 15 is 0 Å². The van der Waals surface area contributed by atoms with Crippen LogP contribution in [0.3, 0.4) is 0 Å². The van der Waals surface area contributed by atoms with E-state index < -0.39 is 0 Å². The Bertz CT molecular complexity index is 1330. The van der Waals surface area contributed by atoms with Crippen molar-refractivity contribution < 1.29 is 9.21 Å². The Hall–Kier alpha value is -3.93. The van der Waals surface area contributed by atoms with Gasteiger partial charge in [0.2, 0.25) is 0 Å². The number of para-hydroxylation sites is 1. The number of hydrogen-bond acceptors (Lipinski definition) is 5. The summed E-state index contributed by atoms with van der Waals surface area (Å²) >= 11 is 0. The molecule has 4 aromatic rings. The molecule has 32 heavy (non-hydrogen) atoms. The van der Waals surface area contributed by atoms with E-state index in [4.69, 9.17) is 4.42 Å². The van der Waals surface area contributed by atoms with E-state index in [-0.39, 0.29) is 11.3 Å². The zero-order valence-corrected chi connectivity index (χ0v) is 17.8. The van der Waals surface area contributed by atoms with Crippen LogP contribution in [0.25, 0.3) is 22.3 Å². The third-order valence-electron chi connectivity index (χ3n) is 5.95. The molecule has 1 aliphatic heterocycles. The first-order valence-electron chi connectivity index (χ1n) is 10.7. The van der Waals surface area contributed by atoms with Crippen molar-refractivity contribution in [3.05, 3.63) is 94.3 Å². The van der Waals surface area contributed by atoms with Gasteiger partial charge in [-0.1, -0.05) is 42.5 Å². The highest BCUT2D eigenvalue weighted by Crippen LogP contribution is 2.28. The summed E-state index contributed by atoms with van der Waals surface area (Å²) in [7, 11) is 0. The van der Waals surface area contributed by atoms with Gasteiger partial charge in [0, 0.05) is 43.5 Å². The first-order chi connectivity index (χ1) is 15.6. The van der Waals surface area contributed by atoms with Crippen molar-refractivity contribution in [3.8, 4) is 11.3 Å². The van der Waals surface area contributed by atoms with Crippen molar-refractivity contribution in [2.24, 2.45) is 0 Å². The van der Waals surface area contributed by atoms with Gasteiger partial charge in [0.25, 0.3) is 5.91 Å². The van der Waals surface area contributed by atoms with Gasteiger partial charge in [-0.15, -0.1) is 0 Å². The minimum atomic E-state index is -0.123. The van der Waals surface area contributed by atoms with Crippen LogP contribution in [0.15, 0.2) is 82.1 Å². The molecule has 0 spiro atoms. The number of benzene rings is 2. The molecule has 1 saturated heterocycles. The predicted octanol–water partition coefficient (Wildman–Crippen LogP) is 4.13. The maximum absolute atomic E-state index is 13.4. The van der Waals surface area contributed by atoms with Gasteiger partial charge in [-0.05, 0) is 31.2 Å². The number of carbonyl (C=O) groups excluding carboxylic acids is 1. The number of fused-ring (bicyclic) bond motifs is 1. The second-order valence-electron chi connectivity index (χ2n) is 7.90. The van der Waals surface area contributed by atoms with Crippen LogP contribution in [0.2, 0.25) is 0 Å². The third kappa shape index (κ3) is 3.54. The second-order valence-corrected chi connectivity index (χ2v) is 7.90. The molecule has 0 aliphatic carbocycles. The van der Waals surface area contributed by atoms with E-state index in [0.717, 1.165) is 11.4 Å². The quantitative estimate of drug-likeness (QED) is 0.494. The van der Waals surface area contributed by atoms with E-state index in [9.17, 15) is 9.59 Å². The van der Waals surface area contributed by atoms with Crippen molar-refractivity contribution in [1.29, 1.82) is 0 Å². The maximum Gasteiger partial charge on any atom is 0.257 e. The molecule has 2 aromatic heterocycles. The Morgan fingerprint density at radius 2 is 1.66 bits per heavy atom. The summed E-state index contributed by atoms with van der Waals surface area (Å²) in [6, 6.07) is 20.6. The lowest BCUT2D eigenvalue weighted by Crippen LogP contribution is -2.49. The summed E-state index contributed by atoms with van der Waals surface area (Å²) in [6.07, 6.45) is 1.78. The first-order valence-corrected chi connectivity index (χ1v) is 10.7. The second kappa shape index (κ2) is 8.30. The van der Waals surface area contributed by atoms with Crippen LogP contribution in [0.5, 0.6) is 0 Å². The zero-order chi connectivity index (χ0) is 22.1. The molecule has 6 heteroatoms. The van der Waals surface area contributed by atoms with Gasteiger partial charge in [-0.2, -0.15) is 0 Å². The van der Waals surface area contributed by atoms with Crippen LogP contribution in [0, 0.1) is 6.92 Å². The summed E-state index contributed by atoms with van der Waals surface area (Å²) in [6.45, 7) is 4.32.